The molecule has 0 atom stereocenters. The Labute approximate surface area is 161 Å². The predicted molar refractivity (Wildman–Crippen MR) is 98.2 cm³/mol. The fourth-order valence-electron chi connectivity index (χ4n) is 2.27. The lowest BCUT2D eigenvalue weighted by atomic mass is 10.1. The van der Waals surface area contributed by atoms with Gasteiger partial charge in [-0.15, -0.1) is 0 Å². The number of ether oxygens (including phenoxy) is 3. The molecule has 5 nitrogen and oxygen atoms in total. The van der Waals surface area contributed by atoms with Crippen LogP contribution in [0.25, 0.3) is 0 Å². The smallest absolute Gasteiger partial charge is 0.418 e. The van der Waals surface area contributed by atoms with Crippen molar-refractivity contribution < 1.29 is 32.2 Å². The molecule has 0 heterocycles. The van der Waals surface area contributed by atoms with Crippen LogP contribution >= 0.6 is 22.6 Å². The lowest BCUT2D eigenvalue weighted by Crippen LogP contribution is -2.17. The second-order valence-electron chi connectivity index (χ2n) is 5.06. The number of nitrogens with one attached hydrogen (secondary N) is 1. The van der Waals surface area contributed by atoms with Gasteiger partial charge < -0.3 is 19.5 Å². The average Bonchev–Trinajstić information content (AvgIpc) is 2.59. The van der Waals surface area contributed by atoms with E-state index in [1.165, 1.54) is 45.6 Å². The first-order chi connectivity index (χ1) is 12.2. The molecule has 2 aromatic rings. The molecule has 0 aliphatic rings. The Kier molecular flexibility index (Phi) is 6.21. The summed E-state index contributed by atoms with van der Waals surface area (Å²) in [6, 6.07) is 6.21. The minimum atomic E-state index is -4.59. The highest BCUT2D eigenvalue weighted by Crippen LogP contribution is 2.39. The number of methoxy groups -OCH3 is 3. The monoisotopic (exact) mass is 481 g/mol. The molecule has 0 aliphatic carbocycles. The SMILES string of the molecule is COc1cc(C(=O)Nc2cc(I)ccc2C(F)(F)F)cc(OC)c1OC. The summed E-state index contributed by atoms with van der Waals surface area (Å²) in [6.45, 7) is 0. The maximum atomic E-state index is 13.2. The van der Waals surface area contributed by atoms with Crippen LogP contribution in [0.2, 0.25) is 0 Å². The standard InChI is InChI=1S/C17H15F3INO4/c1-24-13-6-9(7-14(25-2)15(13)26-3)16(23)22-12-8-10(21)4-5-11(12)17(18,19)20/h4-8H,1-3H3,(H,22,23). The minimum absolute atomic E-state index is 0.0616. The van der Waals surface area contributed by atoms with Crippen LogP contribution in [0, 0.1) is 3.57 Å². The third-order valence-electron chi connectivity index (χ3n) is 3.46. The molecule has 9 heteroatoms. The quantitative estimate of drug-likeness (QED) is 0.636. The van der Waals surface area contributed by atoms with Gasteiger partial charge in [0.25, 0.3) is 5.91 Å². The van der Waals surface area contributed by atoms with E-state index in [0.717, 1.165) is 6.07 Å². The number of alkyl halides is 3. The van der Waals surface area contributed by atoms with Gasteiger partial charge in [-0.3, -0.25) is 4.79 Å². The first kappa shape index (κ1) is 20.1. The van der Waals surface area contributed by atoms with Crippen LogP contribution in [0.1, 0.15) is 15.9 Å². The molecule has 26 heavy (non-hydrogen) atoms. The highest BCUT2D eigenvalue weighted by atomic mass is 127. The fraction of sp³-hybridized carbons (Fsp3) is 0.235. The van der Waals surface area contributed by atoms with E-state index in [9.17, 15) is 18.0 Å². The van der Waals surface area contributed by atoms with Crippen LogP contribution in [-0.2, 0) is 6.18 Å². The van der Waals surface area contributed by atoms with Crippen molar-refractivity contribution in [1.29, 1.82) is 0 Å². The van der Waals surface area contributed by atoms with Gasteiger partial charge in [0.15, 0.2) is 11.5 Å². The summed E-state index contributed by atoms with van der Waals surface area (Å²) in [5.74, 6) is -0.0279. The maximum absolute atomic E-state index is 13.2. The summed E-state index contributed by atoms with van der Waals surface area (Å²) < 4.78 is 55.5. The highest BCUT2D eigenvalue weighted by Gasteiger charge is 2.34. The Hall–Kier alpha value is -2.17. The largest absolute Gasteiger partial charge is 0.493 e. The normalized spacial score (nSPS) is 11.0. The van der Waals surface area contributed by atoms with Crippen LogP contribution in [0.4, 0.5) is 18.9 Å². The van der Waals surface area contributed by atoms with Gasteiger partial charge >= 0.3 is 6.18 Å². The summed E-state index contributed by atoms with van der Waals surface area (Å²) in [5.41, 5.74) is -1.20. The number of amides is 1. The second kappa shape index (κ2) is 8.02. The second-order valence-corrected chi connectivity index (χ2v) is 6.30. The molecule has 0 radical (unpaired) electrons. The van der Waals surface area contributed by atoms with Crippen molar-refractivity contribution in [2.24, 2.45) is 0 Å². The highest BCUT2D eigenvalue weighted by molar-refractivity contribution is 14.1. The molecule has 0 saturated heterocycles. The van der Waals surface area contributed by atoms with Crippen molar-refractivity contribution in [1.82, 2.24) is 0 Å². The van der Waals surface area contributed by atoms with Gasteiger partial charge in [-0.25, -0.2) is 0 Å². The number of hydrogen-bond acceptors (Lipinski definition) is 4. The van der Waals surface area contributed by atoms with E-state index < -0.39 is 17.6 Å². The van der Waals surface area contributed by atoms with Crippen molar-refractivity contribution in [2.75, 3.05) is 26.6 Å². The number of anilines is 1. The van der Waals surface area contributed by atoms with E-state index in [0.29, 0.717) is 3.57 Å². The Bertz CT molecular complexity index is 799. The van der Waals surface area contributed by atoms with Gasteiger partial charge in [0.05, 0.1) is 32.6 Å². The van der Waals surface area contributed by atoms with E-state index in [4.69, 9.17) is 14.2 Å². The van der Waals surface area contributed by atoms with Crippen LogP contribution in [0.15, 0.2) is 30.3 Å². The molecule has 1 amide bonds. The topological polar surface area (TPSA) is 56.8 Å². The molecule has 0 unspecified atom stereocenters. The third kappa shape index (κ3) is 4.32. The number of rotatable bonds is 5. The molecule has 140 valence electrons. The summed E-state index contributed by atoms with van der Waals surface area (Å²) in [6.07, 6.45) is -4.59. The predicted octanol–water partition coefficient (Wildman–Crippen LogP) is 4.59. The Balaban J connectivity index is 2.44. The number of hydrogen-bond donors (Lipinski definition) is 1. The molecule has 0 spiro atoms. The molecular formula is C17H15F3INO4. The summed E-state index contributed by atoms with van der Waals surface area (Å²) >= 11 is 1.87. The summed E-state index contributed by atoms with van der Waals surface area (Å²) in [7, 11) is 4.15. The van der Waals surface area contributed by atoms with Crippen LogP contribution in [0.5, 0.6) is 17.2 Å². The Morgan fingerprint density at radius 3 is 2.04 bits per heavy atom. The van der Waals surface area contributed by atoms with E-state index >= 15 is 0 Å². The molecule has 0 aromatic heterocycles. The Morgan fingerprint density at radius 1 is 1.00 bits per heavy atom. The molecular weight excluding hydrogens is 466 g/mol. The minimum Gasteiger partial charge on any atom is -0.493 e. The van der Waals surface area contributed by atoms with Crippen LogP contribution in [0.3, 0.4) is 0 Å². The Morgan fingerprint density at radius 2 is 1.58 bits per heavy atom. The zero-order valence-corrected chi connectivity index (χ0v) is 16.2. The first-order valence-corrected chi connectivity index (χ1v) is 8.27. The summed E-state index contributed by atoms with van der Waals surface area (Å²) in [5, 5.41) is 2.30. The number of carbonyl (C=O) groups is 1. The van der Waals surface area contributed by atoms with Gasteiger partial charge in [0.1, 0.15) is 0 Å². The number of halogens is 4. The van der Waals surface area contributed by atoms with E-state index in [1.54, 1.807) is 0 Å². The molecule has 2 rings (SSSR count). The van der Waals surface area contributed by atoms with Gasteiger partial charge in [-0.1, -0.05) is 0 Å². The van der Waals surface area contributed by atoms with Crippen molar-refractivity contribution in [3.05, 3.63) is 45.0 Å². The fourth-order valence-corrected chi connectivity index (χ4v) is 2.76. The summed E-state index contributed by atoms with van der Waals surface area (Å²) in [4.78, 5) is 12.5. The van der Waals surface area contributed by atoms with Gasteiger partial charge in [0.2, 0.25) is 5.75 Å². The van der Waals surface area contributed by atoms with Crippen molar-refractivity contribution in [3.8, 4) is 17.2 Å². The lowest BCUT2D eigenvalue weighted by molar-refractivity contribution is -0.136. The lowest BCUT2D eigenvalue weighted by Gasteiger charge is -2.16. The first-order valence-electron chi connectivity index (χ1n) is 7.19. The van der Waals surface area contributed by atoms with Crippen molar-refractivity contribution >= 4 is 34.2 Å². The molecule has 0 saturated carbocycles. The molecule has 0 bridgehead atoms. The third-order valence-corrected chi connectivity index (χ3v) is 4.13. The van der Waals surface area contributed by atoms with E-state index in [1.807, 2.05) is 22.6 Å². The molecule has 0 fully saturated rings. The van der Waals surface area contributed by atoms with Gasteiger partial charge in [0, 0.05) is 9.13 Å². The molecule has 0 aliphatic heterocycles. The van der Waals surface area contributed by atoms with Crippen molar-refractivity contribution in [2.45, 2.75) is 6.18 Å². The van der Waals surface area contributed by atoms with Crippen LogP contribution < -0.4 is 19.5 Å². The van der Waals surface area contributed by atoms with Crippen LogP contribution in [-0.4, -0.2) is 27.2 Å². The number of carbonyl (C=O) groups excluding carboxylic acids is 1. The average molecular weight is 481 g/mol. The molecule has 1 N–H and O–H groups in total. The van der Waals surface area contributed by atoms with Gasteiger partial charge in [-0.05, 0) is 52.9 Å². The van der Waals surface area contributed by atoms with Crippen molar-refractivity contribution in [3.63, 3.8) is 0 Å². The number of benzene rings is 2. The zero-order chi connectivity index (χ0) is 19.5. The van der Waals surface area contributed by atoms with Gasteiger partial charge in [-0.2, -0.15) is 13.2 Å². The molecule has 2 aromatic carbocycles. The van der Waals surface area contributed by atoms with E-state index in [-0.39, 0.29) is 28.5 Å². The zero-order valence-electron chi connectivity index (χ0n) is 14.0. The maximum Gasteiger partial charge on any atom is 0.418 e. The van der Waals surface area contributed by atoms with E-state index in [2.05, 4.69) is 5.32 Å².